The second-order valence-electron chi connectivity index (χ2n) is 7.04. The third-order valence-corrected chi connectivity index (χ3v) is 6.74. The number of hydrogen-bond acceptors (Lipinski definition) is 3. The van der Waals surface area contributed by atoms with Crippen molar-refractivity contribution in [2.24, 2.45) is 0 Å². The number of carbonyl (C=O) groups is 1. The van der Waals surface area contributed by atoms with E-state index in [-0.39, 0.29) is 10.6 Å². The summed E-state index contributed by atoms with van der Waals surface area (Å²) in [6.07, 6.45) is 0. The predicted octanol–water partition coefficient (Wildman–Crippen LogP) is 4.26. The highest BCUT2D eigenvalue weighted by atomic mass is 32.2. The number of rotatable bonds is 3. The van der Waals surface area contributed by atoms with E-state index in [0.717, 1.165) is 15.4 Å². The van der Waals surface area contributed by atoms with E-state index in [1.54, 1.807) is 18.2 Å². The van der Waals surface area contributed by atoms with Crippen LogP contribution in [-0.4, -0.2) is 20.9 Å². The molecular formula is C22H19FN2O3S. The van der Waals surface area contributed by atoms with Crippen molar-refractivity contribution >= 4 is 27.3 Å². The maximum atomic E-state index is 13.9. The molecule has 3 aromatic rings. The summed E-state index contributed by atoms with van der Waals surface area (Å²) >= 11 is 0. The molecule has 0 spiro atoms. The van der Waals surface area contributed by atoms with Crippen molar-refractivity contribution in [1.82, 2.24) is 0 Å². The highest BCUT2D eigenvalue weighted by molar-refractivity contribution is 7.93. The number of fused-ring (bicyclic) bond motifs is 3. The van der Waals surface area contributed by atoms with E-state index in [4.69, 9.17) is 0 Å². The van der Waals surface area contributed by atoms with Crippen molar-refractivity contribution < 1.29 is 17.6 Å². The van der Waals surface area contributed by atoms with E-state index in [2.05, 4.69) is 5.32 Å². The van der Waals surface area contributed by atoms with Crippen molar-refractivity contribution in [3.63, 3.8) is 0 Å². The van der Waals surface area contributed by atoms with Crippen LogP contribution in [0.25, 0.3) is 11.1 Å². The average Bonchev–Trinajstić information content (AvgIpc) is 2.68. The van der Waals surface area contributed by atoms with Crippen LogP contribution in [0.5, 0.6) is 0 Å². The molecule has 1 aliphatic rings. The van der Waals surface area contributed by atoms with E-state index >= 15 is 0 Å². The smallest absolute Gasteiger partial charge is 0.265 e. The molecule has 0 saturated heterocycles. The van der Waals surface area contributed by atoms with E-state index in [0.29, 0.717) is 16.8 Å². The van der Waals surface area contributed by atoms with Gasteiger partial charge in [0.1, 0.15) is 12.4 Å². The standard InChI is InChI=1S/C22H19FN2O3S/c1-14-7-8-15(2)19(11-14)24-22(26)13-25-20-10-9-16(23)12-18(20)17-5-3-4-6-21(17)29(25,27)28/h3-12H,13H2,1-2H3,(H,24,26). The van der Waals surface area contributed by atoms with Gasteiger partial charge < -0.3 is 5.32 Å². The normalized spacial score (nSPS) is 14.1. The van der Waals surface area contributed by atoms with Gasteiger partial charge in [0.2, 0.25) is 5.91 Å². The fourth-order valence-corrected chi connectivity index (χ4v) is 5.11. The van der Waals surface area contributed by atoms with Crippen LogP contribution in [0.15, 0.2) is 65.6 Å². The topological polar surface area (TPSA) is 66.5 Å². The zero-order valence-corrected chi connectivity index (χ0v) is 16.8. The maximum absolute atomic E-state index is 13.9. The van der Waals surface area contributed by atoms with Crippen LogP contribution in [0.1, 0.15) is 11.1 Å². The Labute approximate surface area is 168 Å². The van der Waals surface area contributed by atoms with Crippen molar-refractivity contribution in [3.05, 3.63) is 77.6 Å². The first-order valence-electron chi connectivity index (χ1n) is 9.06. The van der Waals surface area contributed by atoms with Crippen LogP contribution >= 0.6 is 0 Å². The molecule has 0 unspecified atom stereocenters. The number of nitrogens with one attached hydrogen (secondary N) is 1. The van der Waals surface area contributed by atoms with Crippen LogP contribution < -0.4 is 9.62 Å². The van der Waals surface area contributed by atoms with Gasteiger partial charge in [0.05, 0.1) is 10.6 Å². The molecule has 0 fully saturated rings. The Morgan fingerprint density at radius 2 is 1.76 bits per heavy atom. The lowest BCUT2D eigenvalue weighted by Crippen LogP contribution is -2.40. The summed E-state index contributed by atoms with van der Waals surface area (Å²) in [5.41, 5.74) is 3.62. The van der Waals surface area contributed by atoms with Gasteiger partial charge in [-0.05, 0) is 55.3 Å². The molecule has 1 heterocycles. The molecule has 0 aliphatic carbocycles. The van der Waals surface area contributed by atoms with Gasteiger partial charge in [0.15, 0.2) is 0 Å². The molecule has 0 radical (unpaired) electrons. The summed E-state index contributed by atoms with van der Waals surface area (Å²) < 4.78 is 41.4. The molecule has 7 heteroatoms. The zero-order chi connectivity index (χ0) is 20.8. The average molecular weight is 410 g/mol. The van der Waals surface area contributed by atoms with E-state index < -0.39 is 28.3 Å². The Morgan fingerprint density at radius 3 is 2.55 bits per heavy atom. The summed E-state index contributed by atoms with van der Waals surface area (Å²) in [6, 6.07) is 15.9. The van der Waals surface area contributed by atoms with Gasteiger partial charge in [-0.3, -0.25) is 9.10 Å². The third-order valence-electron chi connectivity index (χ3n) is 4.93. The quantitative estimate of drug-likeness (QED) is 0.702. The molecule has 1 amide bonds. The van der Waals surface area contributed by atoms with Gasteiger partial charge in [-0.1, -0.05) is 30.3 Å². The van der Waals surface area contributed by atoms with Crippen LogP contribution in [0.3, 0.4) is 0 Å². The lowest BCUT2D eigenvalue weighted by atomic mass is 10.0. The number of aryl methyl sites for hydroxylation is 2. The van der Waals surface area contributed by atoms with Crippen LogP contribution in [0, 0.1) is 19.7 Å². The highest BCUT2D eigenvalue weighted by Crippen LogP contribution is 2.43. The van der Waals surface area contributed by atoms with Gasteiger partial charge in [0.25, 0.3) is 10.0 Å². The third kappa shape index (κ3) is 3.38. The number of halogens is 1. The number of sulfonamides is 1. The summed E-state index contributed by atoms with van der Waals surface area (Å²) in [5, 5.41) is 2.78. The van der Waals surface area contributed by atoms with Crippen LogP contribution in [0.4, 0.5) is 15.8 Å². The van der Waals surface area contributed by atoms with Gasteiger partial charge >= 0.3 is 0 Å². The lowest BCUT2D eigenvalue weighted by molar-refractivity contribution is -0.114. The molecule has 29 heavy (non-hydrogen) atoms. The predicted molar refractivity (Wildman–Crippen MR) is 111 cm³/mol. The zero-order valence-electron chi connectivity index (χ0n) is 15.9. The molecule has 5 nitrogen and oxygen atoms in total. The van der Waals surface area contributed by atoms with Crippen LogP contribution in [-0.2, 0) is 14.8 Å². The molecule has 0 bridgehead atoms. The Kier molecular flexibility index (Phi) is 4.62. The SMILES string of the molecule is Cc1ccc(C)c(NC(=O)CN2c3ccc(F)cc3-c3ccccc3S2(=O)=O)c1. The first kappa shape index (κ1) is 19.1. The summed E-state index contributed by atoms with van der Waals surface area (Å²) in [6.45, 7) is 3.36. The maximum Gasteiger partial charge on any atom is 0.265 e. The van der Waals surface area contributed by atoms with Gasteiger partial charge in [0, 0.05) is 16.8 Å². The largest absolute Gasteiger partial charge is 0.324 e. The Morgan fingerprint density at radius 1 is 1.00 bits per heavy atom. The number of hydrogen-bond donors (Lipinski definition) is 1. The minimum absolute atomic E-state index is 0.0534. The van der Waals surface area contributed by atoms with E-state index in [1.165, 1.54) is 24.3 Å². The first-order valence-corrected chi connectivity index (χ1v) is 10.5. The second kappa shape index (κ2) is 7.00. The van der Waals surface area contributed by atoms with Crippen molar-refractivity contribution in [1.29, 1.82) is 0 Å². The molecule has 1 N–H and O–H groups in total. The molecule has 4 rings (SSSR count). The molecule has 0 saturated carbocycles. The molecular weight excluding hydrogens is 391 g/mol. The molecule has 0 atom stereocenters. The van der Waals surface area contributed by atoms with Gasteiger partial charge in [-0.15, -0.1) is 0 Å². The number of carbonyl (C=O) groups excluding carboxylic acids is 1. The van der Waals surface area contributed by atoms with Gasteiger partial charge in [-0.2, -0.15) is 0 Å². The lowest BCUT2D eigenvalue weighted by Gasteiger charge is -2.31. The van der Waals surface area contributed by atoms with Crippen molar-refractivity contribution in [2.45, 2.75) is 18.7 Å². The fourth-order valence-electron chi connectivity index (χ4n) is 3.46. The number of benzene rings is 3. The summed E-state index contributed by atoms with van der Waals surface area (Å²) in [7, 11) is -3.96. The van der Waals surface area contributed by atoms with Crippen molar-refractivity contribution in [2.75, 3.05) is 16.2 Å². The highest BCUT2D eigenvalue weighted by Gasteiger charge is 2.36. The van der Waals surface area contributed by atoms with Gasteiger partial charge in [-0.25, -0.2) is 12.8 Å². The van der Waals surface area contributed by atoms with E-state index in [1.807, 2.05) is 32.0 Å². The molecule has 0 aromatic heterocycles. The first-order chi connectivity index (χ1) is 13.8. The number of anilines is 2. The molecule has 1 aliphatic heterocycles. The Bertz CT molecular complexity index is 1240. The molecule has 148 valence electrons. The summed E-state index contributed by atoms with van der Waals surface area (Å²) in [5.74, 6) is -0.949. The Hall–Kier alpha value is -3.19. The van der Waals surface area contributed by atoms with Crippen molar-refractivity contribution in [3.8, 4) is 11.1 Å². The number of amides is 1. The minimum atomic E-state index is -3.96. The summed E-state index contributed by atoms with van der Waals surface area (Å²) in [4.78, 5) is 12.8. The monoisotopic (exact) mass is 410 g/mol. The molecule has 3 aromatic carbocycles. The fraction of sp³-hybridized carbons (Fsp3) is 0.136. The minimum Gasteiger partial charge on any atom is -0.324 e. The van der Waals surface area contributed by atoms with Crippen LogP contribution in [0.2, 0.25) is 0 Å². The van der Waals surface area contributed by atoms with E-state index in [9.17, 15) is 17.6 Å². The Balaban J connectivity index is 1.74. The number of nitrogens with zero attached hydrogens (tertiary/aromatic N) is 1. The second-order valence-corrected chi connectivity index (χ2v) is 8.87.